The van der Waals surface area contributed by atoms with Gasteiger partial charge in [-0.05, 0) is 57.4 Å². The van der Waals surface area contributed by atoms with Gasteiger partial charge in [-0.2, -0.15) is 0 Å². The van der Waals surface area contributed by atoms with E-state index in [1.807, 2.05) is 32.9 Å². The average molecular weight is 408 g/mol. The SMILES string of the molecule is C=Cc1c(/C=C\C)sc(/C(=N\C(Cl)=C/C)c2ccc(C(C)C#CC)cc2)c1C. The van der Waals surface area contributed by atoms with Crippen LogP contribution in [-0.4, -0.2) is 5.71 Å². The summed E-state index contributed by atoms with van der Waals surface area (Å²) in [6.07, 6.45) is 7.87. The first-order valence-corrected chi connectivity index (χ1v) is 10.5. The molecule has 0 aliphatic rings. The normalized spacial score (nSPS) is 13.4. The Bertz CT molecular complexity index is 992. The van der Waals surface area contributed by atoms with Gasteiger partial charge in [0.05, 0.1) is 10.6 Å². The molecule has 1 unspecified atom stereocenters. The van der Waals surface area contributed by atoms with E-state index < -0.39 is 0 Å². The fourth-order valence-electron chi connectivity index (χ4n) is 2.95. The van der Waals surface area contributed by atoms with Crippen LogP contribution in [0.3, 0.4) is 0 Å². The second-order valence-corrected chi connectivity index (χ2v) is 7.79. The molecule has 0 aliphatic heterocycles. The molecule has 0 fully saturated rings. The van der Waals surface area contributed by atoms with Gasteiger partial charge in [0, 0.05) is 16.4 Å². The van der Waals surface area contributed by atoms with Crippen LogP contribution in [0.5, 0.6) is 0 Å². The van der Waals surface area contributed by atoms with Crippen LogP contribution in [0.2, 0.25) is 0 Å². The first kappa shape index (κ1) is 22.0. The van der Waals surface area contributed by atoms with Crippen LogP contribution >= 0.6 is 22.9 Å². The molecular formula is C25H26ClNS. The van der Waals surface area contributed by atoms with E-state index in [2.05, 4.69) is 62.6 Å². The van der Waals surface area contributed by atoms with Gasteiger partial charge in [0.2, 0.25) is 0 Å². The second-order valence-electron chi connectivity index (χ2n) is 6.35. The minimum absolute atomic E-state index is 0.204. The highest BCUT2D eigenvalue weighted by Crippen LogP contribution is 2.33. The van der Waals surface area contributed by atoms with Crippen molar-refractivity contribution < 1.29 is 0 Å². The molecule has 2 rings (SSSR count). The number of hydrogen-bond acceptors (Lipinski definition) is 2. The summed E-state index contributed by atoms with van der Waals surface area (Å²) in [7, 11) is 0. The maximum Gasteiger partial charge on any atom is 0.125 e. The van der Waals surface area contributed by atoms with E-state index in [1.54, 1.807) is 17.4 Å². The van der Waals surface area contributed by atoms with E-state index >= 15 is 0 Å². The second kappa shape index (κ2) is 10.3. The molecule has 2 aromatic rings. The summed E-state index contributed by atoms with van der Waals surface area (Å²) in [6.45, 7) is 14.0. The summed E-state index contributed by atoms with van der Waals surface area (Å²) in [5, 5.41) is 0.477. The van der Waals surface area contributed by atoms with Crippen molar-refractivity contribution >= 4 is 40.8 Å². The minimum Gasteiger partial charge on any atom is -0.235 e. The molecule has 0 saturated heterocycles. The molecule has 0 spiro atoms. The quantitative estimate of drug-likeness (QED) is 0.263. The number of allylic oxidation sites excluding steroid dienone is 2. The van der Waals surface area contributed by atoms with Gasteiger partial charge in [-0.15, -0.1) is 17.3 Å². The minimum atomic E-state index is 0.204. The average Bonchev–Trinajstić information content (AvgIpc) is 3.01. The Morgan fingerprint density at radius 3 is 2.46 bits per heavy atom. The van der Waals surface area contributed by atoms with E-state index in [0.29, 0.717) is 5.16 Å². The van der Waals surface area contributed by atoms with Crippen molar-refractivity contribution in [2.75, 3.05) is 0 Å². The third-order valence-electron chi connectivity index (χ3n) is 4.46. The van der Waals surface area contributed by atoms with Crippen molar-refractivity contribution in [1.29, 1.82) is 0 Å². The highest BCUT2D eigenvalue weighted by Gasteiger charge is 2.18. The van der Waals surface area contributed by atoms with Crippen LogP contribution in [0, 0.1) is 18.8 Å². The molecule has 3 heteroatoms. The Kier molecular flexibility index (Phi) is 8.05. The maximum atomic E-state index is 6.30. The Balaban J connectivity index is 2.63. The standard InChI is InChI=1S/C25H26ClNS/c1-7-11-17(5)19-13-15-20(16-14-19)24(27-23(26)10-4)25-18(6)21(9-3)22(28-25)12-8-2/h8-10,12-17H,3H2,1-2,4-6H3/b12-8-,23-10-,27-24-. The Morgan fingerprint density at radius 1 is 1.25 bits per heavy atom. The smallest absolute Gasteiger partial charge is 0.125 e. The van der Waals surface area contributed by atoms with E-state index in [-0.39, 0.29) is 5.92 Å². The molecule has 0 amide bonds. The van der Waals surface area contributed by atoms with Crippen molar-refractivity contribution in [2.45, 2.75) is 40.5 Å². The molecule has 0 N–H and O–H groups in total. The third-order valence-corrected chi connectivity index (χ3v) is 6.04. The van der Waals surface area contributed by atoms with Crippen LogP contribution in [0.4, 0.5) is 0 Å². The number of rotatable bonds is 6. The lowest BCUT2D eigenvalue weighted by Gasteiger charge is -2.10. The van der Waals surface area contributed by atoms with Gasteiger partial charge in [0.25, 0.3) is 0 Å². The van der Waals surface area contributed by atoms with Gasteiger partial charge in [-0.3, -0.25) is 0 Å². The molecule has 0 bridgehead atoms. The van der Waals surface area contributed by atoms with Crippen LogP contribution in [0.1, 0.15) is 65.6 Å². The molecule has 1 aromatic heterocycles. The zero-order chi connectivity index (χ0) is 20.7. The van der Waals surface area contributed by atoms with Crippen LogP contribution < -0.4 is 0 Å². The predicted octanol–water partition coefficient (Wildman–Crippen LogP) is 7.80. The predicted molar refractivity (Wildman–Crippen MR) is 127 cm³/mol. The van der Waals surface area contributed by atoms with Crippen LogP contribution in [0.25, 0.3) is 12.2 Å². The fourth-order valence-corrected chi connectivity index (χ4v) is 4.33. The topological polar surface area (TPSA) is 12.4 Å². The zero-order valence-electron chi connectivity index (χ0n) is 17.1. The molecule has 1 atom stereocenters. The fraction of sp³-hybridized carbons (Fsp3) is 0.240. The molecule has 144 valence electrons. The molecule has 1 aromatic carbocycles. The highest BCUT2D eigenvalue weighted by molar-refractivity contribution is 7.15. The molecule has 1 nitrogen and oxygen atoms in total. The number of benzene rings is 1. The summed E-state index contributed by atoms with van der Waals surface area (Å²) < 4.78 is 0. The monoisotopic (exact) mass is 407 g/mol. The molecule has 28 heavy (non-hydrogen) atoms. The van der Waals surface area contributed by atoms with Crippen LogP contribution in [-0.2, 0) is 0 Å². The Labute approximate surface area is 178 Å². The largest absolute Gasteiger partial charge is 0.235 e. The first-order valence-electron chi connectivity index (χ1n) is 9.28. The summed E-state index contributed by atoms with van der Waals surface area (Å²) in [5.41, 5.74) is 5.42. The van der Waals surface area contributed by atoms with Gasteiger partial charge >= 0.3 is 0 Å². The van der Waals surface area contributed by atoms with Crippen molar-refractivity contribution in [3.63, 3.8) is 0 Å². The summed E-state index contributed by atoms with van der Waals surface area (Å²) >= 11 is 8.01. The number of halogens is 1. The first-order chi connectivity index (χ1) is 13.5. The summed E-state index contributed by atoms with van der Waals surface area (Å²) in [4.78, 5) is 7.01. The number of nitrogens with zero attached hydrogens (tertiary/aromatic N) is 1. The van der Waals surface area contributed by atoms with Gasteiger partial charge in [-0.1, -0.05) is 66.6 Å². The lowest BCUT2D eigenvalue weighted by Crippen LogP contribution is -2.04. The van der Waals surface area contributed by atoms with Gasteiger partial charge in [0.15, 0.2) is 0 Å². The Hall–Kier alpha value is -2.34. The van der Waals surface area contributed by atoms with Crippen molar-refractivity contribution in [2.24, 2.45) is 4.99 Å². The number of hydrogen-bond donors (Lipinski definition) is 0. The Morgan fingerprint density at radius 2 is 1.93 bits per heavy atom. The maximum absolute atomic E-state index is 6.30. The third kappa shape index (κ3) is 4.93. The van der Waals surface area contributed by atoms with E-state index in [9.17, 15) is 0 Å². The summed E-state index contributed by atoms with van der Waals surface area (Å²) in [5.74, 6) is 6.39. The highest BCUT2D eigenvalue weighted by atomic mass is 35.5. The van der Waals surface area contributed by atoms with E-state index in [0.717, 1.165) is 21.7 Å². The van der Waals surface area contributed by atoms with E-state index in [1.165, 1.54) is 16.0 Å². The summed E-state index contributed by atoms with van der Waals surface area (Å²) in [6, 6.07) is 8.44. The number of thiophene rings is 1. The van der Waals surface area contributed by atoms with Gasteiger partial charge < -0.3 is 0 Å². The van der Waals surface area contributed by atoms with Crippen molar-refractivity contribution in [3.8, 4) is 11.8 Å². The van der Waals surface area contributed by atoms with Gasteiger partial charge in [-0.25, -0.2) is 4.99 Å². The number of aliphatic imine (C=N–C) groups is 1. The molecule has 0 radical (unpaired) electrons. The zero-order valence-corrected chi connectivity index (χ0v) is 18.7. The molecule has 0 saturated carbocycles. The molecular weight excluding hydrogens is 382 g/mol. The van der Waals surface area contributed by atoms with Crippen molar-refractivity contribution in [3.05, 3.63) is 80.2 Å². The van der Waals surface area contributed by atoms with Gasteiger partial charge in [0.1, 0.15) is 5.16 Å². The molecule has 0 aliphatic carbocycles. The molecule has 1 heterocycles. The van der Waals surface area contributed by atoms with E-state index in [4.69, 9.17) is 16.6 Å². The lowest BCUT2D eigenvalue weighted by molar-refractivity contribution is 1.00. The van der Waals surface area contributed by atoms with Crippen LogP contribution in [0.15, 0.2) is 53.1 Å². The van der Waals surface area contributed by atoms with Crippen molar-refractivity contribution in [1.82, 2.24) is 0 Å². The lowest BCUT2D eigenvalue weighted by atomic mass is 9.97.